The number of amides is 2. The minimum atomic E-state index is -1.47. The van der Waals surface area contributed by atoms with E-state index in [1.807, 2.05) is 0 Å². The van der Waals surface area contributed by atoms with E-state index >= 15 is 4.39 Å². The van der Waals surface area contributed by atoms with Gasteiger partial charge in [0.2, 0.25) is 11.8 Å². The number of anilines is 1. The zero-order valence-electron chi connectivity index (χ0n) is 24.2. The molecule has 0 unspecified atom stereocenters. The molecule has 1 aliphatic rings. The van der Waals surface area contributed by atoms with Crippen molar-refractivity contribution in [2.75, 3.05) is 11.9 Å². The lowest BCUT2D eigenvalue weighted by Gasteiger charge is -2.24. The zero-order chi connectivity index (χ0) is 32.5. The molecule has 0 radical (unpaired) electrons. The molecule has 3 aromatic carbocycles. The van der Waals surface area contributed by atoms with E-state index in [0.717, 1.165) is 17.3 Å². The summed E-state index contributed by atoms with van der Waals surface area (Å²) in [4.78, 5) is 48.0. The van der Waals surface area contributed by atoms with Crippen LogP contribution in [0.15, 0.2) is 79.3 Å². The van der Waals surface area contributed by atoms with E-state index in [0.29, 0.717) is 27.1 Å². The molecule has 1 aliphatic heterocycles. The monoisotopic (exact) mass is 647 g/mol. The fourth-order valence-corrected chi connectivity index (χ4v) is 5.72. The summed E-state index contributed by atoms with van der Waals surface area (Å²) >= 11 is 6.25. The van der Waals surface area contributed by atoms with Crippen molar-refractivity contribution in [3.63, 3.8) is 0 Å². The van der Waals surface area contributed by atoms with Gasteiger partial charge in [-0.05, 0) is 37.3 Å². The van der Waals surface area contributed by atoms with Crippen LogP contribution in [0.5, 0.6) is 11.8 Å². The Balaban J connectivity index is 1.22. The minimum Gasteiger partial charge on any atom is -0.424 e. The summed E-state index contributed by atoms with van der Waals surface area (Å²) in [7, 11) is 0. The Kier molecular flexibility index (Phi) is 8.46. The van der Waals surface area contributed by atoms with Gasteiger partial charge in [0, 0.05) is 45.2 Å². The third-order valence-corrected chi connectivity index (χ3v) is 7.97. The fourth-order valence-electron chi connectivity index (χ4n) is 5.49. The second kappa shape index (κ2) is 12.6. The van der Waals surface area contributed by atoms with E-state index in [9.17, 15) is 23.2 Å². The Morgan fingerprint density at radius 1 is 1.02 bits per heavy atom. The van der Waals surface area contributed by atoms with E-state index in [2.05, 4.69) is 15.3 Å². The zero-order valence-corrected chi connectivity index (χ0v) is 25.0. The first-order valence-corrected chi connectivity index (χ1v) is 14.5. The molecule has 1 saturated heterocycles. The number of nitrogens with one attached hydrogen (secondary N) is 1. The first-order valence-electron chi connectivity index (χ1n) is 14.2. The van der Waals surface area contributed by atoms with Gasteiger partial charge in [-0.2, -0.15) is 0 Å². The first-order chi connectivity index (χ1) is 22.1. The number of carbonyl (C=O) groups is 3. The average molecular weight is 648 g/mol. The SMILES string of the molecule is CC(=O)c1cn(CC(=O)N2C[C@H](F)C[C@H]2C(=O)Nc2cccc(-c3ccccc3Cl)c2F)c2ccc(Oc3ncc(F)cn3)cc12. The number of ether oxygens (including phenoxy) is 1. The molecule has 2 aromatic heterocycles. The quantitative estimate of drug-likeness (QED) is 0.190. The summed E-state index contributed by atoms with van der Waals surface area (Å²) in [5.41, 5.74) is 1.27. The Bertz CT molecular complexity index is 1980. The minimum absolute atomic E-state index is 0.102. The molecule has 5 aromatic rings. The maximum Gasteiger partial charge on any atom is 0.322 e. The molecule has 13 heteroatoms. The predicted octanol–water partition coefficient (Wildman–Crippen LogP) is 6.60. The molecule has 2 atom stereocenters. The van der Waals surface area contributed by atoms with Gasteiger partial charge in [0.15, 0.2) is 17.4 Å². The van der Waals surface area contributed by atoms with Crippen LogP contribution in [0.3, 0.4) is 0 Å². The number of likely N-dealkylation sites (tertiary alicyclic amines) is 1. The van der Waals surface area contributed by atoms with Crippen LogP contribution in [-0.4, -0.2) is 55.8 Å². The standard InChI is InChI=1S/C33H25ClF3N5O4/c1-18(43)25-16-41(28-10-9-21(12-24(25)28)46-33-38-13-20(36)14-39-33)17-30(44)42-15-19(35)11-29(42)32(45)40-27-8-4-6-23(31(27)37)22-5-2-3-7-26(22)34/h2-10,12-14,16,19,29H,11,15,17H2,1H3,(H,40,45)/t19-,29+/m1/s1. The summed E-state index contributed by atoms with van der Waals surface area (Å²) in [5, 5.41) is 3.31. The fraction of sp³-hybridized carbons (Fsp3) is 0.182. The number of fused-ring (bicyclic) bond motifs is 1. The molecule has 234 valence electrons. The van der Waals surface area contributed by atoms with Gasteiger partial charge in [0.1, 0.15) is 24.5 Å². The van der Waals surface area contributed by atoms with Crippen LogP contribution in [0.2, 0.25) is 5.02 Å². The van der Waals surface area contributed by atoms with Crippen LogP contribution in [0.25, 0.3) is 22.0 Å². The van der Waals surface area contributed by atoms with Crippen molar-refractivity contribution in [2.24, 2.45) is 0 Å². The third-order valence-electron chi connectivity index (χ3n) is 7.64. The Morgan fingerprint density at radius 3 is 2.50 bits per heavy atom. The average Bonchev–Trinajstić information content (AvgIpc) is 3.60. The molecule has 1 N–H and O–H groups in total. The highest BCUT2D eigenvalue weighted by molar-refractivity contribution is 6.33. The molecule has 6 rings (SSSR count). The molecule has 0 aliphatic carbocycles. The van der Waals surface area contributed by atoms with Gasteiger partial charge in [-0.25, -0.2) is 23.1 Å². The van der Waals surface area contributed by atoms with Gasteiger partial charge in [-0.15, -0.1) is 0 Å². The van der Waals surface area contributed by atoms with Crippen LogP contribution in [-0.2, 0) is 16.1 Å². The number of Topliss-reactive ketones (excluding diaryl/α,β-unsaturated/α-hetero) is 1. The Labute approximate surface area is 265 Å². The molecular weight excluding hydrogens is 623 g/mol. The van der Waals surface area contributed by atoms with Crippen LogP contribution >= 0.6 is 11.6 Å². The van der Waals surface area contributed by atoms with E-state index < -0.39 is 35.7 Å². The highest BCUT2D eigenvalue weighted by Crippen LogP contribution is 2.34. The normalized spacial score (nSPS) is 16.1. The lowest BCUT2D eigenvalue weighted by molar-refractivity contribution is -0.137. The summed E-state index contributed by atoms with van der Waals surface area (Å²) in [6.07, 6.45) is 1.66. The van der Waals surface area contributed by atoms with Crippen molar-refractivity contribution in [2.45, 2.75) is 32.1 Å². The highest BCUT2D eigenvalue weighted by atomic mass is 35.5. The second-order valence-corrected chi connectivity index (χ2v) is 11.1. The molecule has 2 amide bonds. The van der Waals surface area contributed by atoms with Gasteiger partial charge >= 0.3 is 6.01 Å². The highest BCUT2D eigenvalue weighted by Gasteiger charge is 2.40. The molecule has 0 saturated carbocycles. The largest absolute Gasteiger partial charge is 0.424 e. The van der Waals surface area contributed by atoms with E-state index in [1.165, 1.54) is 29.8 Å². The van der Waals surface area contributed by atoms with E-state index in [-0.39, 0.29) is 48.3 Å². The van der Waals surface area contributed by atoms with Crippen LogP contribution < -0.4 is 10.1 Å². The second-order valence-electron chi connectivity index (χ2n) is 10.7. The third kappa shape index (κ3) is 6.16. The van der Waals surface area contributed by atoms with Crippen molar-refractivity contribution in [1.29, 1.82) is 0 Å². The Morgan fingerprint density at radius 2 is 1.76 bits per heavy atom. The lowest BCUT2D eigenvalue weighted by Crippen LogP contribution is -2.44. The number of carbonyl (C=O) groups excluding carboxylic acids is 3. The van der Waals surface area contributed by atoms with Crippen molar-refractivity contribution in [3.05, 3.63) is 101 Å². The number of hydrogen-bond acceptors (Lipinski definition) is 6. The van der Waals surface area contributed by atoms with Crippen molar-refractivity contribution >= 4 is 45.8 Å². The molecule has 0 bridgehead atoms. The van der Waals surface area contributed by atoms with Crippen molar-refractivity contribution < 1.29 is 32.3 Å². The molecule has 9 nitrogen and oxygen atoms in total. The lowest BCUT2D eigenvalue weighted by atomic mass is 10.0. The van der Waals surface area contributed by atoms with Gasteiger partial charge < -0.3 is 19.5 Å². The molecule has 46 heavy (non-hydrogen) atoms. The van der Waals surface area contributed by atoms with Gasteiger partial charge in [-0.3, -0.25) is 14.4 Å². The molecule has 0 spiro atoms. The smallest absolute Gasteiger partial charge is 0.322 e. The summed E-state index contributed by atoms with van der Waals surface area (Å²) in [6, 6.07) is 14.6. The summed E-state index contributed by atoms with van der Waals surface area (Å²) < 4.78 is 50.5. The maximum atomic E-state index is 15.5. The van der Waals surface area contributed by atoms with E-state index in [4.69, 9.17) is 16.3 Å². The summed E-state index contributed by atoms with van der Waals surface area (Å²) in [5.74, 6) is -2.67. The number of rotatable bonds is 8. The Hall–Kier alpha value is -5.23. The number of benzene rings is 3. The van der Waals surface area contributed by atoms with Crippen molar-refractivity contribution in [3.8, 4) is 22.9 Å². The van der Waals surface area contributed by atoms with Crippen LogP contribution in [0.4, 0.5) is 18.9 Å². The topological polar surface area (TPSA) is 106 Å². The molecule has 1 fully saturated rings. The number of ketones is 1. The van der Waals surface area contributed by atoms with E-state index in [1.54, 1.807) is 48.5 Å². The number of aromatic nitrogens is 3. The number of hydrogen-bond donors (Lipinski definition) is 1. The van der Waals surface area contributed by atoms with Crippen LogP contribution in [0.1, 0.15) is 23.7 Å². The maximum absolute atomic E-state index is 15.5. The van der Waals surface area contributed by atoms with Crippen LogP contribution in [0, 0.1) is 11.6 Å². The van der Waals surface area contributed by atoms with Gasteiger partial charge in [-0.1, -0.05) is 41.9 Å². The number of nitrogens with zero attached hydrogens (tertiary/aromatic N) is 4. The number of halogens is 4. The molecular formula is C33H25ClF3N5O4. The van der Waals surface area contributed by atoms with Gasteiger partial charge in [0.25, 0.3) is 0 Å². The first kappa shape index (κ1) is 30.8. The molecule has 3 heterocycles. The number of alkyl halides is 1. The summed E-state index contributed by atoms with van der Waals surface area (Å²) in [6.45, 7) is 0.733. The predicted molar refractivity (Wildman–Crippen MR) is 164 cm³/mol. The van der Waals surface area contributed by atoms with Crippen molar-refractivity contribution in [1.82, 2.24) is 19.4 Å². The van der Waals surface area contributed by atoms with Gasteiger partial charge in [0.05, 0.1) is 24.6 Å².